The molecule has 4 heteroatoms. The quantitative estimate of drug-likeness (QED) is 0.825. The topological polar surface area (TPSA) is 37.8 Å². The van der Waals surface area contributed by atoms with Gasteiger partial charge >= 0.3 is 0 Å². The minimum Gasteiger partial charge on any atom is -0.370 e. The van der Waals surface area contributed by atoms with Crippen LogP contribution in [0.5, 0.6) is 0 Å². The first-order valence-electron chi connectivity index (χ1n) is 4.95. The predicted octanol–water partition coefficient (Wildman–Crippen LogP) is 1.95. The Morgan fingerprint density at radius 1 is 1.57 bits per heavy atom. The van der Waals surface area contributed by atoms with Crippen LogP contribution in [-0.4, -0.2) is 28.0 Å². The van der Waals surface area contributed by atoms with Crippen molar-refractivity contribution < 1.29 is 0 Å². The second-order valence-corrected chi connectivity index (χ2v) is 4.80. The van der Waals surface area contributed by atoms with Crippen LogP contribution in [0.4, 0.5) is 5.82 Å². The van der Waals surface area contributed by atoms with Crippen molar-refractivity contribution in [2.45, 2.75) is 13.3 Å². The lowest BCUT2D eigenvalue weighted by atomic mass is 10.1. The molecule has 0 amide bonds. The van der Waals surface area contributed by atoms with E-state index in [1.54, 1.807) is 6.33 Å². The van der Waals surface area contributed by atoms with Gasteiger partial charge in [-0.15, -0.1) is 0 Å². The average molecular weight is 209 g/mol. The Morgan fingerprint density at radius 2 is 2.50 bits per heavy atom. The molecule has 3 nitrogen and oxygen atoms in total. The minimum atomic E-state index is 0.815. The number of hydrogen-bond donors (Lipinski definition) is 1. The normalized spacial score (nSPS) is 21.1. The molecule has 2 rings (SSSR count). The number of hydrogen-bond acceptors (Lipinski definition) is 4. The zero-order valence-corrected chi connectivity index (χ0v) is 9.18. The van der Waals surface area contributed by atoms with E-state index in [-0.39, 0.29) is 0 Å². The summed E-state index contributed by atoms with van der Waals surface area (Å²) in [5.41, 5.74) is 1.02. The third-order valence-corrected chi connectivity index (χ3v) is 3.63. The van der Waals surface area contributed by atoms with Gasteiger partial charge in [-0.05, 0) is 30.8 Å². The molecule has 1 aromatic rings. The highest BCUT2D eigenvalue weighted by atomic mass is 32.2. The number of anilines is 1. The van der Waals surface area contributed by atoms with Crippen LogP contribution >= 0.6 is 11.8 Å². The van der Waals surface area contributed by atoms with Gasteiger partial charge in [0.2, 0.25) is 0 Å². The van der Waals surface area contributed by atoms with Crippen molar-refractivity contribution in [3.05, 3.63) is 18.1 Å². The minimum absolute atomic E-state index is 0.815. The van der Waals surface area contributed by atoms with Crippen LogP contribution in [0.25, 0.3) is 0 Å². The van der Waals surface area contributed by atoms with Gasteiger partial charge in [-0.2, -0.15) is 11.8 Å². The maximum atomic E-state index is 4.17. The molecule has 0 radical (unpaired) electrons. The van der Waals surface area contributed by atoms with Crippen molar-refractivity contribution in [3.8, 4) is 0 Å². The predicted molar refractivity (Wildman–Crippen MR) is 60.7 cm³/mol. The van der Waals surface area contributed by atoms with Crippen LogP contribution in [0.15, 0.2) is 12.4 Å². The van der Waals surface area contributed by atoms with Crippen molar-refractivity contribution in [2.75, 3.05) is 23.4 Å². The van der Waals surface area contributed by atoms with E-state index in [0.29, 0.717) is 0 Å². The van der Waals surface area contributed by atoms with Crippen LogP contribution < -0.4 is 5.32 Å². The van der Waals surface area contributed by atoms with Gasteiger partial charge in [0.1, 0.15) is 12.1 Å². The van der Waals surface area contributed by atoms with Gasteiger partial charge < -0.3 is 5.32 Å². The highest BCUT2D eigenvalue weighted by Crippen LogP contribution is 2.23. The third kappa shape index (κ3) is 2.61. The van der Waals surface area contributed by atoms with Crippen LogP contribution in [0.3, 0.4) is 0 Å². The molecule has 14 heavy (non-hydrogen) atoms. The van der Waals surface area contributed by atoms with Gasteiger partial charge in [-0.1, -0.05) is 0 Å². The second kappa shape index (κ2) is 4.64. The second-order valence-electron chi connectivity index (χ2n) is 3.66. The molecule has 1 N–H and O–H groups in total. The molecule has 0 spiro atoms. The van der Waals surface area contributed by atoms with E-state index >= 15 is 0 Å². The molecule has 0 aliphatic carbocycles. The van der Waals surface area contributed by atoms with Crippen LogP contribution in [0.2, 0.25) is 0 Å². The summed E-state index contributed by atoms with van der Waals surface area (Å²) >= 11 is 2.05. The van der Waals surface area contributed by atoms with Gasteiger partial charge in [-0.25, -0.2) is 9.97 Å². The summed E-state index contributed by atoms with van der Waals surface area (Å²) in [6.45, 7) is 3.03. The summed E-state index contributed by atoms with van der Waals surface area (Å²) in [5, 5.41) is 3.36. The maximum absolute atomic E-state index is 4.17. The number of aromatic nitrogens is 2. The molecule has 1 fully saturated rings. The Labute approximate surface area is 88.7 Å². The molecule has 1 unspecified atom stereocenters. The Hall–Kier alpha value is -0.770. The summed E-state index contributed by atoms with van der Waals surface area (Å²) in [7, 11) is 0. The number of rotatable bonds is 3. The Bertz CT molecular complexity index is 297. The summed E-state index contributed by atoms with van der Waals surface area (Å²) in [5.74, 6) is 4.37. The standard InChI is InChI=1S/C10H15N3S/c1-8-4-10(13-7-12-8)11-5-9-2-3-14-6-9/h4,7,9H,2-3,5-6H2,1H3,(H,11,12,13). The fraction of sp³-hybridized carbons (Fsp3) is 0.600. The number of nitrogens with zero attached hydrogens (tertiary/aromatic N) is 2. The van der Waals surface area contributed by atoms with E-state index in [9.17, 15) is 0 Å². The van der Waals surface area contributed by atoms with Gasteiger partial charge in [-0.3, -0.25) is 0 Å². The molecule has 2 heterocycles. The van der Waals surface area contributed by atoms with Crippen molar-refractivity contribution in [3.63, 3.8) is 0 Å². The smallest absolute Gasteiger partial charge is 0.129 e. The zero-order chi connectivity index (χ0) is 9.80. The first-order chi connectivity index (χ1) is 6.84. The fourth-order valence-corrected chi connectivity index (χ4v) is 2.83. The molecule has 1 aliphatic rings. The zero-order valence-electron chi connectivity index (χ0n) is 8.36. The molecule has 0 aromatic carbocycles. The van der Waals surface area contributed by atoms with Crippen LogP contribution in [0, 0.1) is 12.8 Å². The van der Waals surface area contributed by atoms with Gasteiger partial charge in [0.25, 0.3) is 0 Å². The third-order valence-electron chi connectivity index (χ3n) is 2.40. The van der Waals surface area contributed by atoms with Gasteiger partial charge in [0.05, 0.1) is 0 Å². The van der Waals surface area contributed by atoms with Gasteiger partial charge in [0.15, 0.2) is 0 Å². The van der Waals surface area contributed by atoms with E-state index < -0.39 is 0 Å². The molecule has 1 saturated heterocycles. The fourth-order valence-electron chi connectivity index (χ4n) is 1.54. The van der Waals surface area contributed by atoms with E-state index in [1.165, 1.54) is 17.9 Å². The van der Waals surface area contributed by atoms with E-state index in [4.69, 9.17) is 0 Å². The number of aryl methyl sites for hydroxylation is 1. The Morgan fingerprint density at radius 3 is 3.21 bits per heavy atom. The molecule has 0 bridgehead atoms. The van der Waals surface area contributed by atoms with Crippen molar-refractivity contribution in [1.29, 1.82) is 0 Å². The van der Waals surface area contributed by atoms with Gasteiger partial charge in [0, 0.05) is 18.3 Å². The Kier molecular flexibility index (Phi) is 3.24. The molecule has 76 valence electrons. The van der Waals surface area contributed by atoms with Crippen molar-refractivity contribution in [2.24, 2.45) is 5.92 Å². The summed E-state index contributed by atoms with van der Waals surface area (Å²) < 4.78 is 0. The summed E-state index contributed by atoms with van der Waals surface area (Å²) in [4.78, 5) is 8.24. The number of thioether (sulfide) groups is 1. The first-order valence-corrected chi connectivity index (χ1v) is 6.10. The molecular weight excluding hydrogens is 194 g/mol. The summed E-state index contributed by atoms with van der Waals surface area (Å²) in [6, 6.07) is 1.99. The molecule has 1 atom stereocenters. The largest absolute Gasteiger partial charge is 0.370 e. The maximum Gasteiger partial charge on any atom is 0.129 e. The van der Waals surface area contributed by atoms with Crippen molar-refractivity contribution in [1.82, 2.24) is 9.97 Å². The highest BCUT2D eigenvalue weighted by Gasteiger charge is 2.14. The summed E-state index contributed by atoms with van der Waals surface area (Å²) in [6.07, 6.45) is 2.95. The lowest BCUT2D eigenvalue weighted by Gasteiger charge is -2.10. The molecule has 1 aliphatic heterocycles. The van der Waals surface area contributed by atoms with Crippen LogP contribution in [-0.2, 0) is 0 Å². The van der Waals surface area contributed by atoms with Crippen molar-refractivity contribution >= 4 is 17.6 Å². The highest BCUT2D eigenvalue weighted by molar-refractivity contribution is 7.99. The lowest BCUT2D eigenvalue weighted by molar-refractivity contribution is 0.630. The SMILES string of the molecule is Cc1cc(NCC2CCSC2)ncn1. The monoisotopic (exact) mass is 209 g/mol. The Balaban J connectivity index is 1.85. The average Bonchev–Trinajstić information content (AvgIpc) is 2.67. The molecule has 1 aromatic heterocycles. The van der Waals surface area contributed by atoms with E-state index in [1.807, 2.05) is 24.8 Å². The van der Waals surface area contributed by atoms with E-state index in [0.717, 1.165) is 24.0 Å². The lowest BCUT2D eigenvalue weighted by Crippen LogP contribution is -2.14. The van der Waals surface area contributed by atoms with Crippen LogP contribution in [0.1, 0.15) is 12.1 Å². The molecule has 0 saturated carbocycles. The van der Waals surface area contributed by atoms with E-state index in [2.05, 4.69) is 15.3 Å². The molecular formula is C10H15N3S. The first kappa shape index (κ1) is 9.77. The number of nitrogens with one attached hydrogen (secondary N) is 1.